The van der Waals surface area contributed by atoms with Crippen LogP contribution in [0.25, 0.3) is 0 Å². The van der Waals surface area contributed by atoms with Crippen LogP contribution in [0, 0.1) is 29.1 Å². The maximum absolute atomic E-state index is 16.6. The molecule has 0 N–H and O–H groups in total. The zero-order valence-electron chi connectivity index (χ0n) is 25.9. The third kappa shape index (κ3) is 5.06. The van der Waals surface area contributed by atoms with Crippen LogP contribution in [0.3, 0.4) is 0 Å². The predicted molar refractivity (Wildman–Crippen MR) is 165 cm³/mol. The van der Waals surface area contributed by atoms with Crippen molar-refractivity contribution in [3.05, 3.63) is 41.6 Å². The summed E-state index contributed by atoms with van der Waals surface area (Å²) in [5.74, 6) is 0.217. The highest BCUT2D eigenvalue weighted by Gasteiger charge is 2.61. The first kappa shape index (κ1) is 29.4. The van der Waals surface area contributed by atoms with Crippen molar-refractivity contribution in [2.75, 3.05) is 57.4 Å². The van der Waals surface area contributed by atoms with E-state index in [0.717, 1.165) is 18.5 Å². The number of carbonyl (C=O) groups is 2. The molecular formula is C35H44FN5O4. The SMILES string of the molecule is N#Cc1ccccc1N1CCN(C2C(F)CC3C(=O)C(C(=O)N4CCOCC4)=CN4C5CC6CCCCC6CC5OC2C34)CC1. The number of halogens is 1. The van der Waals surface area contributed by atoms with Crippen molar-refractivity contribution in [3.8, 4) is 6.07 Å². The summed E-state index contributed by atoms with van der Waals surface area (Å²) in [4.78, 5) is 36.4. The van der Waals surface area contributed by atoms with E-state index < -0.39 is 24.2 Å². The van der Waals surface area contributed by atoms with Gasteiger partial charge in [-0.25, -0.2) is 4.39 Å². The minimum absolute atomic E-state index is 0.0352. The van der Waals surface area contributed by atoms with Gasteiger partial charge >= 0.3 is 0 Å². The molecule has 9 unspecified atom stereocenters. The van der Waals surface area contributed by atoms with Crippen LogP contribution >= 0.6 is 0 Å². The number of benzene rings is 1. The number of para-hydroxylation sites is 1. The first-order chi connectivity index (χ1) is 22.0. The molecular weight excluding hydrogens is 573 g/mol. The highest BCUT2D eigenvalue weighted by Crippen LogP contribution is 2.51. The van der Waals surface area contributed by atoms with Crippen molar-refractivity contribution < 1.29 is 23.5 Å². The lowest BCUT2D eigenvalue weighted by molar-refractivity contribution is -0.221. The van der Waals surface area contributed by atoms with Crippen molar-refractivity contribution in [3.63, 3.8) is 0 Å². The number of nitriles is 1. The molecule has 3 saturated heterocycles. The van der Waals surface area contributed by atoms with Gasteiger partial charge in [0.05, 0.1) is 60.4 Å². The number of ether oxygens (including phenoxy) is 2. The third-order valence-electron chi connectivity index (χ3n) is 12.1. The Bertz CT molecular complexity index is 1380. The Balaban J connectivity index is 1.10. The molecule has 0 radical (unpaired) electrons. The van der Waals surface area contributed by atoms with Crippen LogP contribution in [0.2, 0.25) is 0 Å². The lowest BCUT2D eigenvalue weighted by Crippen LogP contribution is -2.74. The summed E-state index contributed by atoms with van der Waals surface area (Å²) in [7, 11) is 0. The number of ketones is 1. The van der Waals surface area contributed by atoms with Crippen LogP contribution in [-0.4, -0.2) is 115 Å². The normalized spacial score (nSPS) is 38.4. The Labute approximate surface area is 264 Å². The molecule has 8 rings (SSSR count). The Morgan fingerprint density at radius 3 is 2.42 bits per heavy atom. The smallest absolute Gasteiger partial charge is 0.259 e. The van der Waals surface area contributed by atoms with E-state index in [1.165, 1.54) is 25.7 Å². The van der Waals surface area contributed by atoms with Gasteiger partial charge in [-0.15, -0.1) is 0 Å². The molecule has 45 heavy (non-hydrogen) atoms. The van der Waals surface area contributed by atoms with Crippen molar-refractivity contribution in [1.29, 1.82) is 5.26 Å². The minimum atomic E-state index is -1.24. The number of carbonyl (C=O) groups excluding carboxylic acids is 2. The van der Waals surface area contributed by atoms with E-state index in [0.29, 0.717) is 69.9 Å². The number of fused-ring (bicyclic) bond motifs is 3. The number of piperazine rings is 1. The second-order valence-corrected chi connectivity index (χ2v) is 14.2. The Kier molecular flexibility index (Phi) is 7.83. The molecule has 3 aliphatic carbocycles. The van der Waals surface area contributed by atoms with Crippen LogP contribution in [0.1, 0.15) is 50.5 Å². The maximum Gasteiger partial charge on any atom is 0.259 e. The van der Waals surface area contributed by atoms with Gasteiger partial charge in [-0.05, 0) is 43.2 Å². The Morgan fingerprint density at radius 1 is 0.933 bits per heavy atom. The van der Waals surface area contributed by atoms with E-state index in [1.54, 1.807) is 4.90 Å². The molecule has 4 aliphatic heterocycles. The van der Waals surface area contributed by atoms with Gasteiger partial charge < -0.3 is 24.2 Å². The molecule has 6 fully saturated rings. The monoisotopic (exact) mass is 617 g/mol. The molecule has 1 amide bonds. The average Bonchev–Trinajstić information content (AvgIpc) is 3.08. The van der Waals surface area contributed by atoms with Crippen molar-refractivity contribution in [1.82, 2.24) is 14.7 Å². The number of hydrogen-bond donors (Lipinski definition) is 0. The predicted octanol–water partition coefficient (Wildman–Crippen LogP) is 3.14. The lowest BCUT2D eigenvalue weighted by atomic mass is 9.64. The molecule has 9 nitrogen and oxygen atoms in total. The first-order valence-electron chi connectivity index (χ1n) is 17.2. The number of rotatable bonds is 3. The van der Waals surface area contributed by atoms with Gasteiger partial charge in [0.25, 0.3) is 5.91 Å². The molecule has 0 bridgehead atoms. The summed E-state index contributed by atoms with van der Waals surface area (Å²) in [6.07, 6.45) is 7.23. The van der Waals surface area contributed by atoms with Crippen LogP contribution in [0.5, 0.6) is 0 Å². The summed E-state index contributed by atoms with van der Waals surface area (Å²) in [5, 5.41) is 9.64. The quantitative estimate of drug-likeness (QED) is 0.479. The molecule has 3 saturated carbocycles. The fourth-order valence-corrected chi connectivity index (χ4v) is 9.90. The number of hydrogen-bond acceptors (Lipinski definition) is 8. The topological polar surface area (TPSA) is 89.3 Å². The van der Waals surface area contributed by atoms with Gasteiger partial charge in [-0.3, -0.25) is 14.5 Å². The van der Waals surface area contributed by atoms with Crippen LogP contribution in [-0.2, 0) is 19.1 Å². The van der Waals surface area contributed by atoms with Gasteiger partial charge in [0.2, 0.25) is 0 Å². The van der Waals surface area contributed by atoms with Crippen LogP contribution in [0.4, 0.5) is 10.1 Å². The van der Waals surface area contributed by atoms with E-state index in [2.05, 4.69) is 20.8 Å². The van der Waals surface area contributed by atoms with E-state index >= 15 is 4.39 Å². The highest BCUT2D eigenvalue weighted by atomic mass is 19.1. The van der Waals surface area contributed by atoms with Crippen molar-refractivity contribution in [2.45, 2.75) is 81.5 Å². The average molecular weight is 618 g/mol. The van der Waals surface area contributed by atoms with E-state index in [-0.39, 0.29) is 41.9 Å². The first-order valence-corrected chi connectivity index (χ1v) is 17.2. The summed E-state index contributed by atoms with van der Waals surface area (Å²) < 4.78 is 29.1. The van der Waals surface area contributed by atoms with E-state index in [1.807, 2.05) is 30.5 Å². The van der Waals surface area contributed by atoms with Gasteiger partial charge in [-0.2, -0.15) is 5.26 Å². The summed E-state index contributed by atoms with van der Waals surface area (Å²) in [6.45, 7) is 4.58. The molecule has 9 atom stereocenters. The number of morpholine rings is 2. The number of nitrogens with zero attached hydrogens (tertiary/aromatic N) is 5. The van der Waals surface area contributed by atoms with Crippen molar-refractivity contribution >= 4 is 17.4 Å². The number of alkyl halides is 1. The summed E-state index contributed by atoms with van der Waals surface area (Å²) in [6, 6.07) is 9.34. The molecule has 0 aromatic heterocycles. The van der Waals surface area contributed by atoms with E-state index in [4.69, 9.17) is 9.47 Å². The zero-order chi connectivity index (χ0) is 30.7. The van der Waals surface area contributed by atoms with Gasteiger partial charge in [0, 0.05) is 51.4 Å². The number of anilines is 1. The molecule has 240 valence electrons. The Hall–Kier alpha value is -3.00. The lowest BCUT2D eigenvalue weighted by Gasteiger charge is -2.62. The Morgan fingerprint density at radius 2 is 1.67 bits per heavy atom. The van der Waals surface area contributed by atoms with Crippen LogP contribution < -0.4 is 4.90 Å². The van der Waals surface area contributed by atoms with Crippen molar-refractivity contribution in [2.24, 2.45) is 17.8 Å². The number of amides is 1. The highest BCUT2D eigenvalue weighted by molar-refractivity contribution is 6.20. The van der Waals surface area contributed by atoms with E-state index in [9.17, 15) is 14.9 Å². The van der Waals surface area contributed by atoms with Crippen LogP contribution in [0.15, 0.2) is 36.0 Å². The maximum atomic E-state index is 16.6. The fourth-order valence-electron chi connectivity index (χ4n) is 9.90. The summed E-state index contributed by atoms with van der Waals surface area (Å²) in [5.41, 5.74) is 1.80. The molecule has 7 aliphatic rings. The molecule has 0 spiro atoms. The fraction of sp³-hybridized carbons (Fsp3) is 0.686. The van der Waals surface area contributed by atoms with Gasteiger partial charge in [0.1, 0.15) is 12.2 Å². The second-order valence-electron chi connectivity index (χ2n) is 14.2. The summed E-state index contributed by atoms with van der Waals surface area (Å²) >= 11 is 0. The van der Waals surface area contributed by atoms with Gasteiger partial charge in [-0.1, -0.05) is 37.8 Å². The largest absolute Gasteiger partial charge is 0.378 e. The second kappa shape index (κ2) is 12.0. The minimum Gasteiger partial charge on any atom is -0.378 e. The zero-order valence-corrected chi connectivity index (χ0v) is 25.9. The molecule has 4 heterocycles. The standard InChI is InChI=1S/C35H44FN5O4/c36-27-19-25-31-34(32(27)39-11-9-38(10-12-39)28-8-4-3-7-24(28)20-37)45-30-18-23-6-2-1-5-22(23)17-29(30)41(31)21-26(33(25)42)35(43)40-13-15-44-16-14-40/h3-4,7-8,21-23,25,27,29-32,34H,1-2,5-6,9-19H2. The molecule has 10 heteroatoms. The third-order valence-corrected chi connectivity index (χ3v) is 12.1. The number of Topliss-reactive ketones (excluding diaryl/α,β-unsaturated/α-hetero) is 1. The van der Waals surface area contributed by atoms with Gasteiger partial charge in [0.15, 0.2) is 5.78 Å². The molecule has 1 aromatic carbocycles. The molecule has 1 aromatic rings.